The molecule has 0 aliphatic heterocycles. The first kappa shape index (κ1) is 31.4. The number of hydrazine groups is 1. The lowest BCUT2D eigenvalue weighted by Gasteiger charge is -2.34. The van der Waals surface area contributed by atoms with Crippen LogP contribution in [0, 0.1) is 0 Å². The molecule has 0 fully saturated rings. The predicted molar refractivity (Wildman–Crippen MR) is 119 cm³/mol. The van der Waals surface area contributed by atoms with Gasteiger partial charge in [0.15, 0.2) is 0 Å². The molecular weight excluding hydrogens is 568 g/mol. The molecule has 184 valence electrons. The molecule has 0 aliphatic carbocycles. The summed E-state index contributed by atoms with van der Waals surface area (Å²) >= 11 is 33.2. The molecule has 0 spiro atoms. The quantitative estimate of drug-likeness (QED) is 0.211. The van der Waals surface area contributed by atoms with Gasteiger partial charge >= 0.3 is 19.8 Å². The number of nitrogens with one attached hydrogen (secondary N) is 1. The molecule has 0 aromatic heterocycles. The summed E-state index contributed by atoms with van der Waals surface area (Å²) in [5.74, 6) is 0. The highest BCUT2D eigenvalue weighted by molar-refractivity contribution is 7.53. The lowest BCUT2D eigenvalue weighted by atomic mass is 10.2. The topological polar surface area (TPSA) is 124 Å². The monoisotopic (exact) mass is 588 g/mol. The number of rotatable bonds is 10. The smallest absolute Gasteiger partial charge is 0.429 e. The Morgan fingerprint density at radius 3 is 1.84 bits per heavy atom. The largest absolute Gasteiger partial charge is 0.444 e. The SMILES string of the molecule is CCOP(=O)(C[C@H]([C@H](C)O)N(NC(=O)OCC(Cl)(Cl)Cl)C(=O)OCC(Cl)(Cl)Cl)OCC. The van der Waals surface area contributed by atoms with Crippen LogP contribution in [0.5, 0.6) is 0 Å². The van der Waals surface area contributed by atoms with Crippen LogP contribution in [-0.2, 0) is 23.1 Å². The Labute approximate surface area is 210 Å². The lowest BCUT2D eigenvalue weighted by Crippen LogP contribution is -2.57. The van der Waals surface area contributed by atoms with E-state index in [1.165, 1.54) is 6.92 Å². The molecule has 31 heavy (non-hydrogen) atoms. The van der Waals surface area contributed by atoms with Crippen LogP contribution in [0.3, 0.4) is 0 Å². The van der Waals surface area contributed by atoms with E-state index in [1.54, 1.807) is 13.8 Å². The number of aliphatic hydroxyl groups is 1. The van der Waals surface area contributed by atoms with Gasteiger partial charge in [-0.25, -0.2) is 20.0 Å². The summed E-state index contributed by atoms with van der Waals surface area (Å²) < 4.78 is 28.9. The van der Waals surface area contributed by atoms with Gasteiger partial charge in [-0.3, -0.25) is 4.57 Å². The number of amides is 2. The molecule has 0 saturated carbocycles. The van der Waals surface area contributed by atoms with E-state index in [1.807, 2.05) is 5.43 Å². The van der Waals surface area contributed by atoms with Crippen molar-refractivity contribution < 1.29 is 37.8 Å². The summed E-state index contributed by atoms with van der Waals surface area (Å²) in [5, 5.41) is 10.7. The molecule has 0 bridgehead atoms. The molecule has 17 heteroatoms. The maximum atomic E-state index is 12.9. The number of nitrogens with zero attached hydrogens (tertiary/aromatic N) is 1. The highest BCUT2D eigenvalue weighted by Gasteiger charge is 2.39. The number of carbonyl (C=O) groups excluding carboxylic acids is 2. The third-order valence-corrected chi connectivity index (χ3v) is 5.86. The van der Waals surface area contributed by atoms with Crippen molar-refractivity contribution in [1.82, 2.24) is 10.4 Å². The number of alkyl halides is 6. The molecule has 0 rings (SSSR count). The normalized spacial score (nSPS) is 14.5. The molecule has 2 atom stereocenters. The van der Waals surface area contributed by atoms with Crippen molar-refractivity contribution in [2.75, 3.05) is 32.6 Å². The Balaban J connectivity index is 5.76. The van der Waals surface area contributed by atoms with Crippen LogP contribution < -0.4 is 5.43 Å². The zero-order valence-electron chi connectivity index (χ0n) is 16.7. The number of aliphatic hydroxyl groups excluding tert-OH is 1. The molecule has 0 aliphatic rings. The van der Waals surface area contributed by atoms with Gasteiger partial charge in [0.25, 0.3) is 0 Å². The van der Waals surface area contributed by atoms with E-state index in [4.69, 9.17) is 88.1 Å². The molecule has 10 nitrogen and oxygen atoms in total. The van der Waals surface area contributed by atoms with Crippen molar-refractivity contribution in [3.63, 3.8) is 0 Å². The molecule has 0 heterocycles. The molecule has 0 unspecified atom stereocenters. The van der Waals surface area contributed by atoms with Crippen molar-refractivity contribution in [1.29, 1.82) is 0 Å². The Bertz CT molecular complexity index is 621. The Kier molecular flexibility index (Phi) is 14.1. The standard InChI is InChI=1S/C14H23Cl6N2O8P/c1-4-29-31(26,30-5-2)6-10(9(3)23)22(12(25)28-8-14(18,19)20)21-11(24)27-7-13(15,16)17/h9-10,23H,4-8H2,1-3H3,(H,21,24)/t9-,10+/m0/s1. The van der Waals surface area contributed by atoms with Gasteiger partial charge < -0.3 is 23.6 Å². The van der Waals surface area contributed by atoms with Gasteiger partial charge in [-0.2, -0.15) is 0 Å². The van der Waals surface area contributed by atoms with Gasteiger partial charge in [-0.15, -0.1) is 0 Å². The van der Waals surface area contributed by atoms with Gasteiger partial charge in [0.05, 0.1) is 31.5 Å². The van der Waals surface area contributed by atoms with Crippen LogP contribution >= 0.6 is 77.2 Å². The van der Waals surface area contributed by atoms with E-state index < -0.39 is 58.9 Å². The molecule has 2 amide bonds. The molecule has 0 aromatic carbocycles. The van der Waals surface area contributed by atoms with Crippen LogP contribution in [-0.4, -0.2) is 74.6 Å². The van der Waals surface area contributed by atoms with Crippen molar-refractivity contribution >= 4 is 89.4 Å². The number of hydrogen-bond acceptors (Lipinski definition) is 8. The lowest BCUT2D eigenvalue weighted by molar-refractivity contribution is 0.0186. The second-order valence-electron chi connectivity index (χ2n) is 5.78. The Morgan fingerprint density at radius 2 is 1.45 bits per heavy atom. The fourth-order valence-electron chi connectivity index (χ4n) is 1.97. The van der Waals surface area contributed by atoms with Crippen LogP contribution in [0.25, 0.3) is 0 Å². The van der Waals surface area contributed by atoms with Gasteiger partial charge in [-0.05, 0) is 20.8 Å². The number of ether oxygens (including phenoxy) is 2. The van der Waals surface area contributed by atoms with E-state index >= 15 is 0 Å². The summed E-state index contributed by atoms with van der Waals surface area (Å²) in [6, 6.07) is -1.38. The van der Waals surface area contributed by atoms with E-state index in [0.29, 0.717) is 5.01 Å². The summed E-state index contributed by atoms with van der Waals surface area (Å²) in [4.78, 5) is 24.7. The fraction of sp³-hybridized carbons (Fsp3) is 0.857. The fourth-order valence-corrected chi connectivity index (χ4v) is 4.30. The highest BCUT2D eigenvalue weighted by Crippen LogP contribution is 2.49. The third-order valence-electron chi connectivity index (χ3n) is 3.09. The molecule has 0 aromatic rings. The maximum absolute atomic E-state index is 12.9. The van der Waals surface area contributed by atoms with Crippen LogP contribution in [0.4, 0.5) is 9.59 Å². The van der Waals surface area contributed by atoms with Gasteiger partial charge in [-0.1, -0.05) is 69.6 Å². The summed E-state index contributed by atoms with van der Waals surface area (Å²) in [7, 11) is -3.80. The second kappa shape index (κ2) is 13.9. The van der Waals surface area contributed by atoms with E-state index in [-0.39, 0.29) is 13.2 Å². The molecule has 0 radical (unpaired) electrons. The zero-order chi connectivity index (χ0) is 24.5. The zero-order valence-corrected chi connectivity index (χ0v) is 22.1. The second-order valence-corrected chi connectivity index (χ2v) is 12.9. The summed E-state index contributed by atoms with van der Waals surface area (Å²) in [6.45, 7) is 3.05. The Morgan fingerprint density at radius 1 is 1.00 bits per heavy atom. The first-order chi connectivity index (χ1) is 14.0. The number of hydrogen-bond donors (Lipinski definition) is 2. The minimum atomic E-state index is -3.80. The van der Waals surface area contributed by atoms with Crippen LogP contribution in [0.15, 0.2) is 0 Å². The minimum absolute atomic E-state index is 0.0141. The maximum Gasteiger partial charge on any atom is 0.429 e. The van der Waals surface area contributed by atoms with Crippen LogP contribution in [0.1, 0.15) is 20.8 Å². The molecular formula is C14H23Cl6N2O8P. The average molecular weight is 591 g/mol. The predicted octanol–water partition coefficient (Wildman–Crippen LogP) is 4.82. The van der Waals surface area contributed by atoms with Gasteiger partial charge in [0.1, 0.15) is 13.2 Å². The summed E-state index contributed by atoms with van der Waals surface area (Å²) in [6.07, 6.45) is -4.43. The number of carbonyl (C=O) groups is 2. The van der Waals surface area contributed by atoms with Crippen LogP contribution in [0.2, 0.25) is 0 Å². The molecule has 0 saturated heterocycles. The van der Waals surface area contributed by atoms with Gasteiger partial charge in [0, 0.05) is 0 Å². The van der Waals surface area contributed by atoms with E-state index in [9.17, 15) is 19.3 Å². The first-order valence-electron chi connectivity index (χ1n) is 8.62. The van der Waals surface area contributed by atoms with E-state index in [0.717, 1.165) is 0 Å². The minimum Gasteiger partial charge on any atom is -0.444 e. The first-order valence-corrected chi connectivity index (χ1v) is 12.6. The van der Waals surface area contributed by atoms with Gasteiger partial charge in [0.2, 0.25) is 7.59 Å². The average Bonchev–Trinajstić information content (AvgIpc) is 2.60. The van der Waals surface area contributed by atoms with Crippen molar-refractivity contribution in [3.05, 3.63) is 0 Å². The van der Waals surface area contributed by atoms with Crippen molar-refractivity contribution in [3.8, 4) is 0 Å². The highest BCUT2D eigenvalue weighted by atomic mass is 35.6. The number of halogens is 6. The summed E-state index contributed by atoms with van der Waals surface area (Å²) in [5.41, 5.74) is 2.01. The van der Waals surface area contributed by atoms with Crippen molar-refractivity contribution in [2.24, 2.45) is 0 Å². The van der Waals surface area contributed by atoms with Crippen molar-refractivity contribution in [2.45, 2.75) is 40.5 Å². The van der Waals surface area contributed by atoms with E-state index in [2.05, 4.69) is 0 Å². The third kappa shape index (κ3) is 14.3. The molecule has 2 N–H and O–H groups in total. The Hall–Kier alpha value is 0.390.